The Morgan fingerprint density at radius 3 is 1.00 bits per heavy atom. The van der Waals surface area contributed by atoms with Crippen LogP contribution in [0.5, 0.6) is 0 Å². The summed E-state index contributed by atoms with van der Waals surface area (Å²) in [5.41, 5.74) is 0. The highest BCUT2D eigenvalue weighted by molar-refractivity contribution is 5.66. The van der Waals surface area contributed by atoms with Gasteiger partial charge in [-0.1, -0.05) is 0 Å². The van der Waals surface area contributed by atoms with Crippen LogP contribution in [0, 0.1) is 0 Å². The molecule has 6 saturated heterocycles. The summed E-state index contributed by atoms with van der Waals surface area (Å²) in [5.74, 6) is -0.984. The topological polar surface area (TPSA) is 501 Å². The molecule has 0 amide bonds. The highest BCUT2D eigenvalue weighted by Crippen LogP contribution is 2.38. The molecule has 30 atom stereocenters. The van der Waals surface area contributed by atoms with E-state index in [1.807, 2.05) is 0 Å². The number of ether oxygens (including phenoxy) is 13. The lowest BCUT2D eigenvalue weighted by Crippen LogP contribution is -2.68. The molecule has 0 aliphatic carbocycles. The van der Waals surface area contributed by atoms with E-state index < -0.39 is 230 Å². The first kappa shape index (κ1) is 58.5. The van der Waals surface area contributed by atoms with E-state index in [0.29, 0.717) is 0 Å². The van der Waals surface area contributed by atoms with Crippen LogP contribution in [0.2, 0.25) is 0 Å². The molecule has 18 N–H and O–H groups in total. The van der Waals surface area contributed by atoms with Crippen molar-refractivity contribution >= 4 is 5.97 Å². The molecule has 0 aromatic heterocycles. The average molecular weight is 1050 g/mol. The molecular formula is C39H66O32. The van der Waals surface area contributed by atoms with Gasteiger partial charge in [-0.3, -0.25) is 4.79 Å². The van der Waals surface area contributed by atoms with Crippen molar-refractivity contribution in [3.63, 3.8) is 0 Å². The third-order valence-corrected chi connectivity index (χ3v) is 13.0. The Morgan fingerprint density at radius 1 is 0.338 bits per heavy atom. The van der Waals surface area contributed by atoms with Gasteiger partial charge < -0.3 is 153 Å². The van der Waals surface area contributed by atoms with Gasteiger partial charge in [0.15, 0.2) is 43.8 Å². The normalized spacial score (nSPS) is 50.9. The minimum Gasteiger partial charge on any atom is -0.457 e. The van der Waals surface area contributed by atoms with Crippen LogP contribution in [0.4, 0.5) is 0 Å². The van der Waals surface area contributed by atoms with Crippen LogP contribution in [0.1, 0.15) is 6.92 Å². The summed E-state index contributed by atoms with van der Waals surface area (Å²) in [7, 11) is 1.08. The van der Waals surface area contributed by atoms with Crippen molar-refractivity contribution in [2.45, 2.75) is 191 Å². The molecule has 414 valence electrons. The Labute approximate surface area is 402 Å². The predicted molar refractivity (Wildman–Crippen MR) is 213 cm³/mol. The van der Waals surface area contributed by atoms with Crippen molar-refractivity contribution in [2.24, 2.45) is 0 Å². The van der Waals surface area contributed by atoms with Gasteiger partial charge in [0.2, 0.25) is 0 Å². The van der Waals surface area contributed by atoms with Crippen LogP contribution in [0.25, 0.3) is 0 Å². The summed E-state index contributed by atoms with van der Waals surface area (Å²) < 4.78 is 73.1. The Kier molecular flexibility index (Phi) is 20.9. The maximum absolute atomic E-state index is 12.5. The number of esters is 1. The number of carbonyl (C=O) groups is 1. The number of rotatable bonds is 18. The molecule has 0 aromatic rings. The summed E-state index contributed by atoms with van der Waals surface area (Å²) >= 11 is 0. The first-order valence-corrected chi connectivity index (χ1v) is 22.4. The monoisotopic (exact) mass is 1050 g/mol. The first-order valence-electron chi connectivity index (χ1n) is 22.4. The lowest BCUT2D eigenvalue weighted by atomic mass is 9.95. The Bertz CT molecular complexity index is 1630. The smallest absolute Gasteiger partial charge is 0.303 e. The van der Waals surface area contributed by atoms with Gasteiger partial charge in [0.1, 0.15) is 140 Å². The fraction of sp³-hybridized carbons (Fsp3) is 0.974. The maximum Gasteiger partial charge on any atom is 0.303 e. The van der Waals surface area contributed by atoms with Crippen LogP contribution >= 0.6 is 0 Å². The van der Waals surface area contributed by atoms with E-state index in [2.05, 4.69) is 0 Å². The summed E-state index contributed by atoms with van der Waals surface area (Å²) in [4.78, 5) is 12.5. The molecule has 6 fully saturated rings. The summed E-state index contributed by atoms with van der Waals surface area (Å²) in [6.07, 6.45) is -55.0. The van der Waals surface area contributed by atoms with Gasteiger partial charge in [-0.25, -0.2) is 0 Å². The van der Waals surface area contributed by atoms with E-state index in [0.717, 1.165) is 14.0 Å². The van der Waals surface area contributed by atoms with Crippen molar-refractivity contribution < 1.29 is 158 Å². The fourth-order valence-electron chi connectivity index (χ4n) is 9.06. The molecule has 32 nitrogen and oxygen atoms in total. The van der Waals surface area contributed by atoms with E-state index in [4.69, 9.17) is 61.6 Å². The van der Waals surface area contributed by atoms with Gasteiger partial charge in [0.25, 0.3) is 0 Å². The van der Waals surface area contributed by atoms with Gasteiger partial charge in [0.05, 0.1) is 39.6 Å². The number of carbonyl (C=O) groups excluding carboxylic acids is 1. The van der Waals surface area contributed by atoms with E-state index in [1.165, 1.54) is 0 Å². The van der Waals surface area contributed by atoms with Crippen molar-refractivity contribution in [3.8, 4) is 0 Å². The zero-order valence-corrected chi connectivity index (χ0v) is 37.8. The number of hydrogen-bond donors (Lipinski definition) is 18. The summed E-state index contributed by atoms with van der Waals surface area (Å²) in [6.45, 7) is -4.64. The second kappa shape index (κ2) is 25.4. The van der Waals surface area contributed by atoms with Crippen molar-refractivity contribution in [1.29, 1.82) is 0 Å². The number of aliphatic hydroxyl groups is 18. The Balaban J connectivity index is 1.13. The molecule has 0 unspecified atom stereocenters. The molecule has 6 aliphatic heterocycles. The quantitative estimate of drug-likeness (QED) is 0.0567. The van der Waals surface area contributed by atoms with Crippen LogP contribution in [0.15, 0.2) is 0 Å². The molecular weight excluding hydrogens is 980 g/mol. The minimum absolute atomic E-state index is 0.832. The van der Waals surface area contributed by atoms with Crippen LogP contribution in [-0.2, 0) is 66.4 Å². The second-order valence-corrected chi connectivity index (χ2v) is 17.5. The lowest BCUT2D eigenvalue weighted by molar-refractivity contribution is -0.396. The second-order valence-electron chi connectivity index (χ2n) is 17.5. The standard InChI is InChI=1S/C39H66O32/c1-9(46)60-32-31(15(8-45)66-39(33(32)59-2)70-30-14(7-44)64-36(25(56)21(30)52)67-27-11(4-41)61-34(58)22(53)18(27)49)71-38-26(57)20(51)29(13(6-43)65-38)69-37-24(55)19(50)28(12(5-42)63-37)68-35-23(54)17(48)16(47)10(3-40)62-35/h10-45,47-58H,3-8H2,1-2H3/t10-,11-,12-,13-,14-,15-,16-,17+,18-,19-,20-,21-,22+,23+,24+,25+,26+,27-,28-,29-,30-,31-,32+,33+,34-,35+,36+,37+,38+,39+/m1/s1. The molecule has 71 heavy (non-hydrogen) atoms. The van der Waals surface area contributed by atoms with Gasteiger partial charge in [-0.05, 0) is 0 Å². The van der Waals surface area contributed by atoms with Crippen molar-refractivity contribution in [1.82, 2.24) is 0 Å². The largest absolute Gasteiger partial charge is 0.457 e. The molecule has 0 aromatic carbocycles. The molecule has 6 rings (SSSR count). The molecule has 0 bridgehead atoms. The van der Waals surface area contributed by atoms with Crippen LogP contribution in [-0.4, -0.2) is 329 Å². The van der Waals surface area contributed by atoms with E-state index in [1.54, 1.807) is 0 Å². The number of aliphatic hydroxyl groups excluding tert-OH is 18. The van der Waals surface area contributed by atoms with Gasteiger partial charge >= 0.3 is 5.97 Å². The third-order valence-electron chi connectivity index (χ3n) is 13.0. The molecule has 0 radical (unpaired) electrons. The Morgan fingerprint density at radius 2 is 0.634 bits per heavy atom. The molecule has 0 saturated carbocycles. The van der Waals surface area contributed by atoms with Gasteiger partial charge in [-0.15, -0.1) is 0 Å². The number of methoxy groups -OCH3 is 1. The average Bonchev–Trinajstić information content (AvgIpc) is 3.35. The fourth-order valence-corrected chi connectivity index (χ4v) is 9.06. The molecule has 0 spiro atoms. The Hall–Kier alpha value is -1.73. The summed E-state index contributed by atoms with van der Waals surface area (Å²) in [5, 5.41) is 189. The lowest BCUT2D eigenvalue weighted by Gasteiger charge is -2.50. The van der Waals surface area contributed by atoms with Crippen molar-refractivity contribution in [2.75, 3.05) is 46.8 Å². The molecule has 6 heterocycles. The number of hydrogen-bond acceptors (Lipinski definition) is 32. The van der Waals surface area contributed by atoms with Crippen LogP contribution in [0.3, 0.4) is 0 Å². The molecule has 6 aliphatic rings. The zero-order valence-electron chi connectivity index (χ0n) is 37.8. The SMILES string of the molecule is CO[C@@H]1[C@H](O[C@H]2[C@H](O)[C@H](O)[C@H](O[C@H]3[C@H](O)[C@H](O)[C@H](O)O[C@@H]3CO)O[C@@H]2CO)O[C@H](CO)[C@@H](O[C@@H]2O[C@H](CO)[C@@H](O[C@@H]3O[C@H](CO)[C@@H](O[C@@H]4O[C@H](CO)[C@@H](O)[C@H](O)[C@@H]4O)[C@H](O)[C@@H]3O)[C@H](O)[C@@H]2O)[C@@H]1OC(C)=O. The zero-order chi connectivity index (χ0) is 52.3. The molecule has 32 heteroatoms. The highest BCUT2D eigenvalue weighted by Gasteiger charge is 2.58. The summed E-state index contributed by atoms with van der Waals surface area (Å²) in [6, 6.07) is 0. The van der Waals surface area contributed by atoms with Crippen LogP contribution < -0.4 is 0 Å². The third kappa shape index (κ3) is 12.3. The van der Waals surface area contributed by atoms with E-state index in [-0.39, 0.29) is 0 Å². The van der Waals surface area contributed by atoms with E-state index >= 15 is 0 Å². The predicted octanol–water partition coefficient (Wildman–Crippen LogP) is -12.9. The highest BCUT2D eigenvalue weighted by atomic mass is 16.8. The van der Waals surface area contributed by atoms with Gasteiger partial charge in [0, 0.05) is 14.0 Å². The maximum atomic E-state index is 12.5. The van der Waals surface area contributed by atoms with Gasteiger partial charge in [-0.2, -0.15) is 0 Å². The first-order chi connectivity index (χ1) is 33.7. The van der Waals surface area contributed by atoms with E-state index in [9.17, 15) is 96.7 Å². The van der Waals surface area contributed by atoms with Crippen molar-refractivity contribution in [3.05, 3.63) is 0 Å². The minimum atomic E-state index is -2.17.